The number of halogens is 5. The number of amides is 1. The van der Waals surface area contributed by atoms with Crippen molar-refractivity contribution in [2.75, 3.05) is 41.3 Å². The largest absolute Gasteiger partial charge is 0.370 e. The van der Waals surface area contributed by atoms with Gasteiger partial charge in [0.2, 0.25) is 0 Å². The second-order valence-corrected chi connectivity index (χ2v) is 9.46. The Kier molecular flexibility index (Phi) is 7.10. The van der Waals surface area contributed by atoms with Crippen LogP contribution in [0.3, 0.4) is 0 Å². The minimum absolute atomic E-state index is 0.169. The van der Waals surface area contributed by atoms with Crippen LogP contribution in [0.2, 0.25) is 0 Å². The Morgan fingerprint density at radius 1 is 1.00 bits per heavy atom. The van der Waals surface area contributed by atoms with E-state index in [1.165, 1.54) is 6.20 Å². The molecule has 176 valence electrons. The summed E-state index contributed by atoms with van der Waals surface area (Å²) in [7, 11) is 0. The molecule has 10 heteroatoms. The molecular formula is C23H23F4IN4O. The summed E-state index contributed by atoms with van der Waals surface area (Å²) in [4.78, 5) is 21.1. The highest BCUT2D eigenvalue weighted by Crippen LogP contribution is 2.32. The molecule has 2 aliphatic rings. The first-order chi connectivity index (χ1) is 15.7. The molecule has 0 saturated carbocycles. The molecule has 5 nitrogen and oxygen atoms in total. The van der Waals surface area contributed by atoms with E-state index in [0.717, 1.165) is 3.57 Å². The van der Waals surface area contributed by atoms with Crippen molar-refractivity contribution in [1.82, 2.24) is 4.98 Å². The smallest absolute Gasteiger partial charge is 0.269 e. The lowest BCUT2D eigenvalue weighted by atomic mass is 10.0. The van der Waals surface area contributed by atoms with E-state index >= 15 is 0 Å². The van der Waals surface area contributed by atoms with E-state index in [-0.39, 0.29) is 50.3 Å². The molecule has 2 saturated heterocycles. The monoisotopic (exact) mass is 574 g/mol. The van der Waals surface area contributed by atoms with E-state index in [4.69, 9.17) is 0 Å². The quantitative estimate of drug-likeness (QED) is 0.364. The molecule has 0 bridgehead atoms. The fourth-order valence-corrected chi connectivity index (χ4v) is 4.57. The predicted molar refractivity (Wildman–Crippen MR) is 128 cm³/mol. The minimum atomic E-state index is -2.65. The summed E-state index contributed by atoms with van der Waals surface area (Å²) in [6.07, 6.45) is -0.000789. The van der Waals surface area contributed by atoms with Crippen molar-refractivity contribution in [1.29, 1.82) is 0 Å². The molecule has 1 aromatic heterocycles. The Labute approximate surface area is 203 Å². The fourth-order valence-electron chi connectivity index (χ4n) is 4.10. The number of benzene rings is 1. The van der Waals surface area contributed by atoms with Gasteiger partial charge in [-0.1, -0.05) is 0 Å². The predicted octanol–water partition coefficient (Wildman–Crippen LogP) is 5.92. The Morgan fingerprint density at radius 3 is 2.36 bits per heavy atom. The van der Waals surface area contributed by atoms with Gasteiger partial charge in [0.15, 0.2) is 0 Å². The molecule has 1 aromatic carbocycles. The van der Waals surface area contributed by atoms with Crippen LogP contribution >= 0.6 is 22.6 Å². The van der Waals surface area contributed by atoms with E-state index in [2.05, 4.69) is 32.9 Å². The van der Waals surface area contributed by atoms with Crippen LogP contribution in [0.4, 0.5) is 34.8 Å². The zero-order valence-corrected chi connectivity index (χ0v) is 19.9. The van der Waals surface area contributed by atoms with Crippen molar-refractivity contribution >= 4 is 45.7 Å². The van der Waals surface area contributed by atoms with E-state index in [1.54, 1.807) is 23.1 Å². The summed E-state index contributed by atoms with van der Waals surface area (Å²) < 4.78 is 53.7. The zero-order chi connectivity index (χ0) is 23.6. The summed E-state index contributed by atoms with van der Waals surface area (Å²) in [6.45, 7) is 1.21. The van der Waals surface area contributed by atoms with Crippen molar-refractivity contribution in [3.63, 3.8) is 0 Å². The number of carbonyl (C=O) groups is 1. The number of hydrogen-bond acceptors (Lipinski definition) is 4. The lowest BCUT2D eigenvalue weighted by molar-refractivity contribution is -0.0221. The summed E-state index contributed by atoms with van der Waals surface area (Å²) in [5, 5.41) is 2.87. The molecule has 2 aromatic rings. The number of aromatic nitrogens is 1. The van der Waals surface area contributed by atoms with Gasteiger partial charge in [0, 0.05) is 60.5 Å². The maximum Gasteiger partial charge on any atom is 0.269 e. The van der Waals surface area contributed by atoms with Gasteiger partial charge in [0.05, 0.1) is 11.3 Å². The molecular weight excluding hydrogens is 551 g/mol. The van der Waals surface area contributed by atoms with Crippen LogP contribution in [0.1, 0.15) is 36.0 Å². The normalized spacial score (nSPS) is 18.3. The van der Waals surface area contributed by atoms with Crippen LogP contribution in [0.25, 0.3) is 0 Å². The number of nitrogens with one attached hydrogen (secondary N) is 1. The molecule has 33 heavy (non-hydrogen) atoms. The maximum absolute atomic E-state index is 13.5. The van der Waals surface area contributed by atoms with E-state index < -0.39 is 12.0 Å². The Bertz CT molecular complexity index is 1050. The Morgan fingerprint density at radius 2 is 1.70 bits per heavy atom. The molecule has 0 unspecified atom stereocenters. The standard InChI is InChI=1S/C23H23F4IN4O/c24-21(25)15-4-9-31(10-5-15)19-13-16(28)1-2-18(19)22(33)30-17-3-8-29-20(14-17)32-11-6-23(26,27)7-12-32/h1-3,8,13-14H,4-7,9-12H2,(H,29,30,33). The number of carbonyl (C=O) groups excluding carboxylic acids is 1. The maximum atomic E-state index is 13.5. The second kappa shape index (κ2) is 9.86. The summed E-state index contributed by atoms with van der Waals surface area (Å²) in [5.74, 6) is -2.44. The van der Waals surface area contributed by atoms with Gasteiger partial charge in [0.25, 0.3) is 17.9 Å². The number of anilines is 3. The number of hydrogen-bond donors (Lipinski definition) is 1. The third kappa shape index (κ3) is 5.77. The number of pyridine rings is 1. The average molecular weight is 574 g/mol. The van der Waals surface area contributed by atoms with Crippen LogP contribution in [-0.4, -0.2) is 43.0 Å². The van der Waals surface area contributed by atoms with Crippen molar-refractivity contribution in [3.05, 3.63) is 57.3 Å². The number of nitrogens with zero attached hydrogens (tertiary/aromatic N) is 3. The highest BCUT2D eigenvalue weighted by molar-refractivity contribution is 14.1. The van der Waals surface area contributed by atoms with Crippen molar-refractivity contribution in [3.8, 4) is 0 Å². The molecule has 3 heterocycles. The highest BCUT2D eigenvalue weighted by atomic mass is 127. The number of piperidine rings is 2. The van der Waals surface area contributed by atoms with Gasteiger partial charge < -0.3 is 15.1 Å². The van der Waals surface area contributed by atoms with Gasteiger partial charge >= 0.3 is 0 Å². The summed E-state index contributed by atoms with van der Waals surface area (Å²) in [6, 6.07) is 8.75. The van der Waals surface area contributed by atoms with E-state index in [9.17, 15) is 22.4 Å². The Balaban J connectivity index is 1.50. The molecule has 1 amide bonds. The van der Waals surface area contributed by atoms with Gasteiger partial charge in [-0.15, -0.1) is 0 Å². The topological polar surface area (TPSA) is 48.5 Å². The molecule has 0 radical (unpaired) electrons. The zero-order valence-electron chi connectivity index (χ0n) is 17.8. The lowest BCUT2D eigenvalue weighted by Gasteiger charge is -2.32. The first-order valence-corrected chi connectivity index (χ1v) is 11.8. The van der Waals surface area contributed by atoms with Crippen LogP contribution in [0, 0.1) is 3.57 Å². The van der Waals surface area contributed by atoms with Crippen molar-refractivity contribution in [2.24, 2.45) is 0 Å². The summed E-state index contributed by atoms with van der Waals surface area (Å²) >= 11 is 2.16. The van der Waals surface area contributed by atoms with E-state index in [0.29, 0.717) is 35.8 Å². The highest BCUT2D eigenvalue weighted by Gasteiger charge is 2.34. The third-order valence-electron chi connectivity index (χ3n) is 6.00. The first kappa shape index (κ1) is 23.8. The SMILES string of the molecule is O=C(Nc1ccnc(N2CCC(F)(F)CC2)c1)c1ccc(I)cc1N1CCC(=C(F)F)CC1. The van der Waals surface area contributed by atoms with Gasteiger partial charge in [-0.2, -0.15) is 8.78 Å². The first-order valence-electron chi connectivity index (χ1n) is 10.7. The average Bonchev–Trinajstić information content (AvgIpc) is 2.79. The fraction of sp³-hybridized carbons (Fsp3) is 0.391. The molecule has 1 N–H and O–H groups in total. The second-order valence-electron chi connectivity index (χ2n) is 8.21. The number of rotatable bonds is 4. The summed E-state index contributed by atoms with van der Waals surface area (Å²) in [5.41, 5.74) is 1.82. The van der Waals surface area contributed by atoms with Crippen LogP contribution in [0.15, 0.2) is 48.2 Å². The van der Waals surface area contributed by atoms with Gasteiger partial charge in [0.1, 0.15) is 5.82 Å². The van der Waals surface area contributed by atoms with E-state index in [1.807, 2.05) is 17.0 Å². The molecule has 0 aliphatic carbocycles. The van der Waals surface area contributed by atoms with Crippen molar-refractivity contribution in [2.45, 2.75) is 31.6 Å². The van der Waals surface area contributed by atoms with Gasteiger partial charge in [-0.05, 0) is 65.3 Å². The van der Waals surface area contributed by atoms with Crippen molar-refractivity contribution < 1.29 is 22.4 Å². The third-order valence-corrected chi connectivity index (χ3v) is 6.67. The van der Waals surface area contributed by atoms with Gasteiger partial charge in [-0.25, -0.2) is 13.8 Å². The minimum Gasteiger partial charge on any atom is -0.370 e. The van der Waals surface area contributed by atoms with Crippen LogP contribution in [-0.2, 0) is 0 Å². The molecule has 0 spiro atoms. The van der Waals surface area contributed by atoms with Crippen LogP contribution in [0.5, 0.6) is 0 Å². The molecule has 4 rings (SSSR count). The number of alkyl halides is 2. The molecule has 2 aliphatic heterocycles. The molecule has 2 fully saturated rings. The Hall–Kier alpha value is -2.37. The van der Waals surface area contributed by atoms with Gasteiger partial charge in [-0.3, -0.25) is 4.79 Å². The molecule has 0 atom stereocenters. The lowest BCUT2D eigenvalue weighted by Crippen LogP contribution is -2.39. The van der Waals surface area contributed by atoms with Crippen LogP contribution < -0.4 is 15.1 Å².